The van der Waals surface area contributed by atoms with Crippen LogP contribution < -0.4 is 17.0 Å². The predicted molar refractivity (Wildman–Crippen MR) is 63.9 cm³/mol. The molecule has 17 heavy (non-hydrogen) atoms. The van der Waals surface area contributed by atoms with Gasteiger partial charge in [0.1, 0.15) is 5.69 Å². The van der Waals surface area contributed by atoms with E-state index in [4.69, 9.17) is 10.5 Å². The monoisotopic (exact) mass is 239 g/mol. The van der Waals surface area contributed by atoms with Gasteiger partial charge in [-0.3, -0.25) is 14.3 Å². The minimum absolute atomic E-state index is 0.00648. The average molecular weight is 239 g/mol. The van der Waals surface area contributed by atoms with E-state index in [0.29, 0.717) is 6.54 Å². The Morgan fingerprint density at radius 3 is 2.88 bits per heavy atom. The van der Waals surface area contributed by atoms with Gasteiger partial charge >= 0.3 is 5.69 Å². The fraction of sp³-hybridized carbons (Fsp3) is 0.636. The zero-order valence-electron chi connectivity index (χ0n) is 10.0. The summed E-state index contributed by atoms with van der Waals surface area (Å²) in [6.45, 7) is 4.47. The quantitative estimate of drug-likeness (QED) is 0.764. The fourth-order valence-corrected chi connectivity index (χ4v) is 2.09. The second-order valence-corrected chi connectivity index (χ2v) is 5.03. The average Bonchev–Trinajstić information content (AvgIpc) is 2.54. The van der Waals surface area contributed by atoms with Crippen LogP contribution in [0.15, 0.2) is 15.8 Å². The highest BCUT2D eigenvalue weighted by atomic mass is 16.5. The highest BCUT2D eigenvalue weighted by Crippen LogP contribution is 2.29. The van der Waals surface area contributed by atoms with E-state index in [-0.39, 0.29) is 17.4 Å². The van der Waals surface area contributed by atoms with Gasteiger partial charge in [0.05, 0.1) is 18.2 Å². The number of nitrogens with two attached hydrogens (primary N) is 1. The number of hydrogen-bond acceptors (Lipinski definition) is 4. The number of aromatic amines is 1. The maximum absolute atomic E-state index is 11.5. The molecule has 6 nitrogen and oxygen atoms in total. The van der Waals surface area contributed by atoms with Crippen LogP contribution in [0.1, 0.15) is 26.7 Å². The number of ether oxygens (including phenoxy) is 1. The van der Waals surface area contributed by atoms with E-state index in [0.717, 1.165) is 12.8 Å². The summed E-state index contributed by atoms with van der Waals surface area (Å²) in [6.07, 6.45) is 3.23. The number of nitrogens with zero attached hydrogens (tertiary/aromatic N) is 1. The van der Waals surface area contributed by atoms with Crippen molar-refractivity contribution in [2.45, 2.75) is 44.9 Å². The Balaban J connectivity index is 2.18. The molecule has 1 aromatic rings. The van der Waals surface area contributed by atoms with Crippen LogP contribution >= 0.6 is 0 Å². The molecular formula is C11H17N3O3. The lowest BCUT2D eigenvalue weighted by Gasteiger charge is -2.19. The summed E-state index contributed by atoms with van der Waals surface area (Å²) in [5.41, 5.74) is 4.39. The van der Waals surface area contributed by atoms with Crippen LogP contribution in [0.25, 0.3) is 0 Å². The number of nitrogens with one attached hydrogen (secondary N) is 1. The van der Waals surface area contributed by atoms with Gasteiger partial charge in [-0.05, 0) is 26.7 Å². The maximum Gasteiger partial charge on any atom is 0.328 e. The van der Waals surface area contributed by atoms with Crippen molar-refractivity contribution >= 4 is 5.69 Å². The van der Waals surface area contributed by atoms with Crippen LogP contribution in [0.3, 0.4) is 0 Å². The fourth-order valence-electron chi connectivity index (χ4n) is 2.09. The summed E-state index contributed by atoms with van der Waals surface area (Å²) in [7, 11) is 0. The molecule has 1 aliphatic heterocycles. The molecule has 94 valence electrons. The van der Waals surface area contributed by atoms with Crippen LogP contribution in [-0.2, 0) is 11.3 Å². The molecule has 1 fully saturated rings. The van der Waals surface area contributed by atoms with Gasteiger partial charge in [0.15, 0.2) is 0 Å². The first-order valence-corrected chi connectivity index (χ1v) is 5.64. The van der Waals surface area contributed by atoms with Crippen molar-refractivity contribution in [3.63, 3.8) is 0 Å². The molecule has 0 spiro atoms. The molecular weight excluding hydrogens is 222 g/mol. The molecule has 0 saturated carbocycles. The molecule has 1 unspecified atom stereocenters. The van der Waals surface area contributed by atoms with Crippen molar-refractivity contribution in [2.24, 2.45) is 0 Å². The number of anilines is 1. The van der Waals surface area contributed by atoms with Gasteiger partial charge in [0.25, 0.3) is 5.56 Å². The lowest BCUT2D eigenvalue weighted by Crippen LogP contribution is -2.34. The van der Waals surface area contributed by atoms with Crippen molar-refractivity contribution in [1.29, 1.82) is 0 Å². The summed E-state index contributed by atoms with van der Waals surface area (Å²) in [5.74, 6) is 0. The SMILES string of the molecule is CC1(C)CCC(Cn2cc(N)c(=O)[nH]c2=O)O1. The van der Waals surface area contributed by atoms with Crippen molar-refractivity contribution in [3.8, 4) is 0 Å². The molecule has 0 aliphatic carbocycles. The van der Waals surface area contributed by atoms with Gasteiger partial charge < -0.3 is 10.5 Å². The molecule has 0 aromatic carbocycles. The second kappa shape index (κ2) is 4.03. The van der Waals surface area contributed by atoms with E-state index in [1.807, 2.05) is 13.8 Å². The number of rotatable bonds is 2. The topological polar surface area (TPSA) is 90.1 Å². The molecule has 0 amide bonds. The van der Waals surface area contributed by atoms with Gasteiger partial charge in [-0.2, -0.15) is 0 Å². The van der Waals surface area contributed by atoms with Gasteiger partial charge in [-0.15, -0.1) is 0 Å². The minimum atomic E-state index is -0.543. The Morgan fingerprint density at radius 2 is 2.29 bits per heavy atom. The zero-order valence-corrected chi connectivity index (χ0v) is 10.0. The lowest BCUT2D eigenvalue weighted by atomic mass is 10.1. The second-order valence-electron chi connectivity index (χ2n) is 5.03. The van der Waals surface area contributed by atoms with Crippen LogP contribution in [0.2, 0.25) is 0 Å². The van der Waals surface area contributed by atoms with Crippen LogP contribution in [0.5, 0.6) is 0 Å². The van der Waals surface area contributed by atoms with E-state index >= 15 is 0 Å². The van der Waals surface area contributed by atoms with Crippen molar-refractivity contribution in [3.05, 3.63) is 27.0 Å². The Kier molecular flexibility index (Phi) is 2.82. The number of aromatic nitrogens is 2. The van der Waals surface area contributed by atoms with Crippen molar-refractivity contribution in [2.75, 3.05) is 5.73 Å². The first kappa shape index (κ1) is 11.9. The van der Waals surface area contributed by atoms with Crippen LogP contribution in [0.4, 0.5) is 5.69 Å². The van der Waals surface area contributed by atoms with Crippen LogP contribution in [0, 0.1) is 0 Å². The summed E-state index contributed by atoms with van der Waals surface area (Å²) >= 11 is 0. The third-order valence-electron chi connectivity index (χ3n) is 2.99. The van der Waals surface area contributed by atoms with Gasteiger partial charge in [-0.25, -0.2) is 4.79 Å². The first-order valence-electron chi connectivity index (χ1n) is 5.64. The highest BCUT2D eigenvalue weighted by molar-refractivity contribution is 5.30. The van der Waals surface area contributed by atoms with E-state index < -0.39 is 11.2 Å². The predicted octanol–water partition coefficient (Wildman–Crippen LogP) is 0.0764. The summed E-state index contributed by atoms with van der Waals surface area (Å²) in [5, 5.41) is 0. The Morgan fingerprint density at radius 1 is 1.59 bits per heavy atom. The molecule has 0 bridgehead atoms. The molecule has 1 atom stereocenters. The number of H-pyrrole nitrogens is 1. The van der Waals surface area contributed by atoms with Crippen LogP contribution in [-0.4, -0.2) is 21.3 Å². The van der Waals surface area contributed by atoms with Gasteiger partial charge in [-0.1, -0.05) is 0 Å². The van der Waals surface area contributed by atoms with Crippen molar-refractivity contribution < 1.29 is 4.74 Å². The molecule has 3 N–H and O–H groups in total. The smallest absolute Gasteiger partial charge is 0.328 e. The molecule has 6 heteroatoms. The van der Waals surface area contributed by atoms with E-state index in [9.17, 15) is 9.59 Å². The molecule has 0 radical (unpaired) electrons. The summed E-state index contributed by atoms with van der Waals surface area (Å²) < 4.78 is 7.18. The highest BCUT2D eigenvalue weighted by Gasteiger charge is 2.31. The summed E-state index contributed by atoms with van der Waals surface area (Å²) in [6, 6.07) is 0. The zero-order chi connectivity index (χ0) is 12.6. The van der Waals surface area contributed by atoms with E-state index in [2.05, 4.69) is 4.98 Å². The van der Waals surface area contributed by atoms with Crippen molar-refractivity contribution in [1.82, 2.24) is 9.55 Å². The molecule has 1 aromatic heterocycles. The van der Waals surface area contributed by atoms with Gasteiger partial charge in [0.2, 0.25) is 0 Å². The Bertz CT molecular complexity index is 529. The Labute approximate surface area is 98.4 Å². The third kappa shape index (κ3) is 2.58. The minimum Gasteiger partial charge on any atom is -0.393 e. The molecule has 2 heterocycles. The third-order valence-corrected chi connectivity index (χ3v) is 2.99. The molecule has 1 saturated heterocycles. The summed E-state index contributed by atoms with van der Waals surface area (Å²) in [4.78, 5) is 24.8. The molecule has 2 rings (SSSR count). The lowest BCUT2D eigenvalue weighted by molar-refractivity contribution is -0.0221. The first-order chi connectivity index (χ1) is 7.87. The maximum atomic E-state index is 11.5. The van der Waals surface area contributed by atoms with E-state index in [1.165, 1.54) is 10.8 Å². The van der Waals surface area contributed by atoms with E-state index in [1.54, 1.807) is 0 Å². The normalized spacial score (nSPS) is 22.8. The Hall–Kier alpha value is -1.56. The van der Waals surface area contributed by atoms with Gasteiger partial charge in [0, 0.05) is 6.20 Å². The standard InChI is InChI=1S/C11H17N3O3/c1-11(2)4-3-7(17-11)5-14-6-8(12)9(15)13-10(14)16/h6-7H,3-5,12H2,1-2H3,(H,13,15,16). The number of hydrogen-bond donors (Lipinski definition) is 2. The molecule has 1 aliphatic rings. The number of nitrogen functional groups attached to an aromatic ring is 1. The largest absolute Gasteiger partial charge is 0.393 e.